The van der Waals surface area contributed by atoms with Crippen LogP contribution in [0, 0.1) is 0 Å². The molecule has 1 N–H and O–H groups in total. The van der Waals surface area contributed by atoms with Crippen molar-refractivity contribution in [2.24, 2.45) is 0 Å². The van der Waals surface area contributed by atoms with Gasteiger partial charge in [0, 0.05) is 11.6 Å². The summed E-state index contributed by atoms with van der Waals surface area (Å²) in [6, 6.07) is 18.8. The lowest BCUT2D eigenvalue weighted by Gasteiger charge is -2.13. The van der Waals surface area contributed by atoms with Gasteiger partial charge in [-0.2, -0.15) is 4.57 Å². The molecule has 6 nitrogen and oxygen atoms in total. The molecule has 0 fully saturated rings. The standard InChI is InChI=1S/C23H22N2O4/c1-3-29-23(27)19-12-7-13-20(28-2)22(19)24-21(26)16-25-14-8-11-18(15-25)17-9-5-4-6-10-17/h4-15H,3,16H2,1-2H3/p+1. The van der Waals surface area contributed by atoms with Crippen molar-refractivity contribution < 1.29 is 23.6 Å². The van der Waals surface area contributed by atoms with Crippen LogP contribution >= 0.6 is 0 Å². The summed E-state index contributed by atoms with van der Waals surface area (Å²) in [5, 5.41) is 2.79. The molecule has 3 aromatic rings. The minimum Gasteiger partial charge on any atom is -0.495 e. The number of nitrogens with one attached hydrogen (secondary N) is 1. The molecule has 29 heavy (non-hydrogen) atoms. The summed E-state index contributed by atoms with van der Waals surface area (Å²) in [5.74, 6) is -0.400. The van der Waals surface area contributed by atoms with E-state index < -0.39 is 5.97 Å². The van der Waals surface area contributed by atoms with Gasteiger partial charge in [0.25, 0.3) is 5.91 Å². The van der Waals surface area contributed by atoms with Gasteiger partial charge in [-0.15, -0.1) is 0 Å². The third kappa shape index (κ3) is 4.99. The van der Waals surface area contributed by atoms with E-state index in [0.717, 1.165) is 11.1 Å². The maximum absolute atomic E-state index is 12.7. The number of nitrogens with zero attached hydrogens (tertiary/aromatic N) is 1. The third-order valence-electron chi connectivity index (χ3n) is 4.30. The number of rotatable bonds is 7. The van der Waals surface area contributed by atoms with Gasteiger partial charge in [0.15, 0.2) is 12.4 Å². The Hall–Kier alpha value is -3.67. The van der Waals surface area contributed by atoms with Crippen LogP contribution in [0.3, 0.4) is 0 Å². The van der Waals surface area contributed by atoms with Gasteiger partial charge in [-0.1, -0.05) is 36.4 Å². The molecule has 0 atom stereocenters. The van der Waals surface area contributed by atoms with E-state index in [4.69, 9.17) is 9.47 Å². The molecule has 0 aliphatic carbocycles. The summed E-state index contributed by atoms with van der Waals surface area (Å²) in [6.07, 6.45) is 3.73. The van der Waals surface area contributed by atoms with Gasteiger partial charge >= 0.3 is 5.97 Å². The first-order valence-corrected chi connectivity index (χ1v) is 9.31. The lowest BCUT2D eigenvalue weighted by molar-refractivity contribution is -0.683. The average molecular weight is 391 g/mol. The first-order chi connectivity index (χ1) is 14.1. The molecule has 1 heterocycles. The number of aromatic nitrogens is 1. The average Bonchev–Trinajstić information content (AvgIpc) is 2.74. The molecule has 2 aromatic carbocycles. The molecule has 0 spiro atoms. The Kier molecular flexibility index (Phi) is 6.58. The molecule has 3 rings (SSSR count). The van der Waals surface area contributed by atoms with E-state index >= 15 is 0 Å². The number of amides is 1. The van der Waals surface area contributed by atoms with Crippen molar-refractivity contribution in [3.8, 4) is 16.9 Å². The van der Waals surface area contributed by atoms with E-state index in [1.807, 2.05) is 54.9 Å². The van der Waals surface area contributed by atoms with Crippen LogP contribution < -0.4 is 14.6 Å². The Morgan fingerprint density at radius 3 is 2.45 bits per heavy atom. The summed E-state index contributed by atoms with van der Waals surface area (Å²) in [4.78, 5) is 24.9. The zero-order chi connectivity index (χ0) is 20.6. The minimum atomic E-state index is -0.513. The van der Waals surface area contributed by atoms with Gasteiger partial charge in [0.1, 0.15) is 5.75 Å². The Bertz CT molecular complexity index is 1000. The summed E-state index contributed by atoms with van der Waals surface area (Å²) >= 11 is 0. The fourth-order valence-electron chi connectivity index (χ4n) is 2.98. The Morgan fingerprint density at radius 2 is 1.72 bits per heavy atom. The van der Waals surface area contributed by atoms with Gasteiger partial charge in [0.2, 0.25) is 6.54 Å². The van der Waals surface area contributed by atoms with Crippen LogP contribution in [0.1, 0.15) is 17.3 Å². The molecule has 6 heteroatoms. The number of hydrogen-bond donors (Lipinski definition) is 1. The summed E-state index contributed by atoms with van der Waals surface area (Å²) < 4.78 is 12.2. The lowest BCUT2D eigenvalue weighted by Crippen LogP contribution is -2.40. The Morgan fingerprint density at radius 1 is 0.966 bits per heavy atom. The highest BCUT2D eigenvalue weighted by molar-refractivity contribution is 6.02. The molecule has 0 bridgehead atoms. The molecule has 0 aliphatic heterocycles. The second-order valence-corrected chi connectivity index (χ2v) is 6.28. The van der Waals surface area contributed by atoms with Crippen molar-refractivity contribution in [2.45, 2.75) is 13.5 Å². The highest BCUT2D eigenvalue weighted by atomic mass is 16.5. The molecule has 0 saturated carbocycles. The van der Waals surface area contributed by atoms with Crippen molar-refractivity contribution in [1.82, 2.24) is 0 Å². The van der Waals surface area contributed by atoms with Crippen LogP contribution in [0.4, 0.5) is 5.69 Å². The fraction of sp³-hybridized carbons (Fsp3) is 0.174. The van der Waals surface area contributed by atoms with Crippen LogP contribution in [0.15, 0.2) is 73.1 Å². The van der Waals surface area contributed by atoms with Gasteiger partial charge in [0.05, 0.1) is 25.0 Å². The van der Waals surface area contributed by atoms with E-state index in [2.05, 4.69) is 5.32 Å². The van der Waals surface area contributed by atoms with E-state index in [0.29, 0.717) is 11.4 Å². The summed E-state index contributed by atoms with van der Waals surface area (Å²) in [5.41, 5.74) is 2.63. The van der Waals surface area contributed by atoms with E-state index in [-0.39, 0.29) is 24.6 Å². The van der Waals surface area contributed by atoms with Gasteiger partial charge in [-0.05, 0) is 30.7 Å². The number of hydrogen-bond acceptors (Lipinski definition) is 4. The Balaban J connectivity index is 1.80. The molecule has 1 aromatic heterocycles. The lowest BCUT2D eigenvalue weighted by atomic mass is 10.1. The topological polar surface area (TPSA) is 68.5 Å². The number of benzene rings is 2. The Labute approximate surface area is 169 Å². The third-order valence-corrected chi connectivity index (χ3v) is 4.30. The van der Waals surface area contributed by atoms with Crippen LogP contribution in [-0.2, 0) is 16.1 Å². The van der Waals surface area contributed by atoms with Crippen LogP contribution in [0.25, 0.3) is 11.1 Å². The quantitative estimate of drug-likeness (QED) is 0.495. The van der Waals surface area contributed by atoms with Gasteiger partial charge in [-0.25, -0.2) is 4.79 Å². The monoisotopic (exact) mass is 391 g/mol. The van der Waals surface area contributed by atoms with E-state index in [9.17, 15) is 9.59 Å². The number of carbonyl (C=O) groups is 2. The van der Waals surface area contributed by atoms with Crippen molar-refractivity contribution in [3.05, 3.63) is 78.6 Å². The normalized spacial score (nSPS) is 10.3. The number of ether oxygens (including phenoxy) is 2. The van der Waals surface area contributed by atoms with Gasteiger partial charge < -0.3 is 14.8 Å². The number of para-hydroxylation sites is 1. The SMILES string of the molecule is CCOC(=O)c1cccc(OC)c1NC(=O)C[n+]1cccc(-c2ccccc2)c1. The zero-order valence-corrected chi connectivity index (χ0v) is 16.4. The van der Waals surface area contributed by atoms with Crippen LogP contribution in [-0.4, -0.2) is 25.6 Å². The molecule has 0 unspecified atom stereocenters. The molecule has 1 amide bonds. The first-order valence-electron chi connectivity index (χ1n) is 9.31. The number of pyridine rings is 1. The molecule has 0 aliphatic rings. The smallest absolute Gasteiger partial charge is 0.340 e. The molecular formula is C23H23N2O4+. The first kappa shape index (κ1) is 20.1. The number of anilines is 1. The largest absolute Gasteiger partial charge is 0.495 e. The maximum atomic E-state index is 12.7. The predicted molar refractivity (Wildman–Crippen MR) is 110 cm³/mol. The van der Waals surface area contributed by atoms with Gasteiger partial charge in [-0.3, -0.25) is 4.79 Å². The number of esters is 1. The number of methoxy groups -OCH3 is 1. The predicted octanol–water partition coefficient (Wildman–Crippen LogP) is 3.47. The molecule has 148 valence electrons. The highest BCUT2D eigenvalue weighted by Crippen LogP contribution is 2.29. The number of carbonyl (C=O) groups excluding carboxylic acids is 2. The van der Waals surface area contributed by atoms with Crippen molar-refractivity contribution in [2.75, 3.05) is 19.0 Å². The van der Waals surface area contributed by atoms with Crippen molar-refractivity contribution >= 4 is 17.6 Å². The second kappa shape index (κ2) is 9.50. The molecule has 0 saturated heterocycles. The molecular weight excluding hydrogens is 368 g/mol. The van der Waals surface area contributed by atoms with E-state index in [1.54, 1.807) is 29.7 Å². The molecule has 0 radical (unpaired) electrons. The summed E-state index contributed by atoms with van der Waals surface area (Å²) in [7, 11) is 1.48. The fourth-order valence-corrected chi connectivity index (χ4v) is 2.98. The van der Waals surface area contributed by atoms with Crippen LogP contribution in [0.5, 0.6) is 5.75 Å². The zero-order valence-electron chi connectivity index (χ0n) is 16.4. The van der Waals surface area contributed by atoms with Crippen LogP contribution in [0.2, 0.25) is 0 Å². The summed E-state index contributed by atoms with van der Waals surface area (Å²) in [6.45, 7) is 2.05. The second-order valence-electron chi connectivity index (χ2n) is 6.28. The maximum Gasteiger partial charge on any atom is 0.340 e. The minimum absolute atomic E-state index is 0.0843. The highest BCUT2D eigenvalue weighted by Gasteiger charge is 2.20. The van der Waals surface area contributed by atoms with Crippen molar-refractivity contribution in [3.63, 3.8) is 0 Å². The van der Waals surface area contributed by atoms with E-state index in [1.165, 1.54) is 7.11 Å². The van der Waals surface area contributed by atoms with Crippen molar-refractivity contribution in [1.29, 1.82) is 0 Å².